The van der Waals surface area contributed by atoms with Gasteiger partial charge in [-0.25, -0.2) is 22.0 Å². The minimum Gasteiger partial charge on any atom is -0.475 e. The molecule has 0 bridgehead atoms. The number of hydrogen-bond donors (Lipinski definition) is 3. The van der Waals surface area contributed by atoms with Crippen molar-refractivity contribution in [2.75, 3.05) is 13.1 Å². The molecule has 1 aromatic heterocycles. The van der Waals surface area contributed by atoms with E-state index in [4.69, 9.17) is 9.90 Å². The van der Waals surface area contributed by atoms with E-state index in [0.717, 1.165) is 23.1 Å². The van der Waals surface area contributed by atoms with Crippen LogP contribution >= 0.6 is 0 Å². The molecule has 2 atom stereocenters. The van der Waals surface area contributed by atoms with E-state index in [1.165, 1.54) is 16.6 Å². The predicted octanol–water partition coefficient (Wildman–Crippen LogP) is 3.07. The molecule has 1 amide bonds. The van der Waals surface area contributed by atoms with Crippen LogP contribution in [-0.4, -0.2) is 65.1 Å². The lowest BCUT2D eigenvalue weighted by Gasteiger charge is -2.19. The molecule has 3 N–H and O–H groups in total. The van der Waals surface area contributed by atoms with E-state index in [9.17, 15) is 40.3 Å². The van der Waals surface area contributed by atoms with Crippen molar-refractivity contribution in [3.8, 4) is 0 Å². The Hall–Kier alpha value is -3.69. The topological polar surface area (TPSA) is 137 Å². The molecule has 1 saturated heterocycles. The standard InChI is InChI=1S/C22H21F2N3O4S.C2HF3O2/c1-13-10-25-11-18-16(13)3-2-4-20(18)32(30,31)27-8-7-15(12-27)26-22(29)21(28)17-6-5-14(23)9-19(17)24;3-2(4,5)1(6)7/h2-6,9-11,15,21,28H,7-8,12H2,1H3,(H,26,29);(H,6,7)/t15-,21?;/m1./s1. The molecule has 0 saturated carbocycles. The molecule has 210 valence electrons. The molecule has 2 aromatic carbocycles. The van der Waals surface area contributed by atoms with Gasteiger partial charge in [-0.15, -0.1) is 0 Å². The van der Waals surface area contributed by atoms with Crippen LogP contribution < -0.4 is 5.32 Å². The Labute approximate surface area is 218 Å². The van der Waals surface area contributed by atoms with Crippen molar-refractivity contribution in [2.45, 2.75) is 36.6 Å². The monoisotopic (exact) mass is 575 g/mol. The van der Waals surface area contributed by atoms with Crippen molar-refractivity contribution >= 4 is 32.7 Å². The van der Waals surface area contributed by atoms with Gasteiger partial charge in [0.2, 0.25) is 10.0 Å². The maximum absolute atomic E-state index is 13.9. The number of amides is 1. The highest BCUT2D eigenvalue weighted by atomic mass is 32.2. The van der Waals surface area contributed by atoms with E-state index in [1.54, 1.807) is 12.3 Å². The van der Waals surface area contributed by atoms with Gasteiger partial charge in [0.05, 0.1) is 4.90 Å². The Morgan fingerprint density at radius 3 is 2.41 bits per heavy atom. The number of carbonyl (C=O) groups excluding carboxylic acids is 1. The first-order valence-corrected chi connectivity index (χ1v) is 12.6. The van der Waals surface area contributed by atoms with Crippen molar-refractivity contribution in [1.82, 2.24) is 14.6 Å². The molecule has 3 aromatic rings. The number of carboxylic acids is 1. The molecule has 39 heavy (non-hydrogen) atoms. The average Bonchev–Trinajstić information content (AvgIpc) is 3.33. The number of hydrogen-bond acceptors (Lipinski definition) is 6. The number of sulfonamides is 1. The van der Waals surface area contributed by atoms with E-state index in [1.807, 2.05) is 13.0 Å². The molecule has 1 aliphatic rings. The van der Waals surface area contributed by atoms with E-state index in [0.29, 0.717) is 17.9 Å². The van der Waals surface area contributed by atoms with Crippen LogP contribution in [-0.2, 0) is 19.6 Å². The molecule has 4 rings (SSSR count). The number of rotatable bonds is 5. The smallest absolute Gasteiger partial charge is 0.475 e. The van der Waals surface area contributed by atoms with Crippen LogP contribution in [0.2, 0.25) is 0 Å². The van der Waals surface area contributed by atoms with Gasteiger partial charge in [0.1, 0.15) is 11.6 Å². The summed E-state index contributed by atoms with van der Waals surface area (Å²) in [5, 5.41) is 21.1. The van der Waals surface area contributed by atoms with Gasteiger partial charge in [-0.05, 0) is 36.4 Å². The zero-order chi connectivity index (χ0) is 29.1. The summed E-state index contributed by atoms with van der Waals surface area (Å²) in [6.45, 7) is 2.02. The molecular weight excluding hydrogens is 553 g/mol. The number of nitrogens with zero attached hydrogens (tertiary/aromatic N) is 2. The van der Waals surface area contributed by atoms with Crippen molar-refractivity contribution in [1.29, 1.82) is 0 Å². The number of aliphatic hydroxyl groups excluding tert-OH is 1. The minimum absolute atomic E-state index is 0.00231. The largest absolute Gasteiger partial charge is 0.490 e. The number of aryl methyl sites for hydroxylation is 1. The normalized spacial score (nSPS) is 16.8. The summed E-state index contributed by atoms with van der Waals surface area (Å²) in [4.78, 5) is 25.5. The van der Waals surface area contributed by atoms with Gasteiger partial charge in [0.25, 0.3) is 5.91 Å². The van der Waals surface area contributed by atoms with Crippen molar-refractivity contribution < 1.29 is 50.2 Å². The Kier molecular flexibility index (Phi) is 8.87. The number of carbonyl (C=O) groups is 2. The molecule has 0 aliphatic carbocycles. The number of aromatic nitrogens is 1. The van der Waals surface area contributed by atoms with Crippen LogP contribution in [0, 0.1) is 18.6 Å². The number of alkyl halides is 3. The quantitative estimate of drug-likeness (QED) is 0.398. The van der Waals surface area contributed by atoms with E-state index in [2.05, 4.69) is 10.3 Å². The van der Waals surface area contributed by atoms with Crippen LogP contribution in [0.4, 0.5) is 22.0 Å². The zero-order valence-corrected chi connectivity index (χ0v) is 20.9. The lowest BCUT2D eigenvalue weighted by Crippen LogP contribution is -2.41. The third kappa shape index (κ3) is 6.85. The second kappa shape index (κ2) is 11.6. The summed E-state index contributed by atoms with van der Waals surface area (Å²) >= 11 is 0. The molecule has 2 heterocycles. The van der Waals surface area contributed by atoms with Gasteiger partial charge < -0.3 is 15.5 Å². The van der Waals surface area contributed by atoms with Crippen LogP contribution in [0.5, 0.6) is 0 Å². The third-order valence-electron chi connectivity index (χ3n) is 5.83. The van der Waals surface area contributed by atoms with Crippen molar-refractivity contribution in [2.24, 2.45) is 0 Å². The molecule has 0 radical (unpaired) electrons. The number of aliphatic hydroxyl groups is 1. The van der Waals surface area contributed by atoms with Crippen LogP contribution in [0.15, 0.2) is 53.7 Å². The SMILES string of the molecule is Cc1cncc2c(S(=O)(=O)N3CC[C@@H](NC(=O)C(O)c4ccc(F)cc4F)C3)cccc12.O=C(O)C(F)(F)F. The molecular formula is C24H22F5N3O6S. The second-order valence-electron chi connectivity index (χ2n) is 8.54. The van der Waals surface area contributed by atoms with Crippen LogP contribution in [0.3, 0.4) is 0 Å². The first-order chi connectivity index (χ1) is 18.1. The summed E-state index contributed by atoms with van der Waals surface area (Å²) in [6, 6.07) is 6.98. The molecule has 15 heteroatoms. The number of halogens is 5. The molecule has 1 aliphatic heterocycles. The predicted molar refractivity (Wildman–Crippen MR) is 127 cm³/mol. The van der Waals surface area contributed by atoms with Gasteiger partial charge in [-0.2, -0.15) is 17.5 Å². The third-order valence-corrected chi connectivity index (χ3v) is 7.75. The summed E-state index contributed by atoms with van der Waals surface area (Å²) in [5.41, 5.74) is 0.498. The summed E-state index contributed by atoms with van der Waals surface area (Å²) in [6.07, 6.45) is -3.42. The fraction of sp³-hybridized carbons (Fsp3) is 0.292. The maximum Gasteiger partial charge on any atom is 0.490 e. The van der Waals surface area contributed by atoms with Gasteiger partial charge in [-0.3, -0.25) is 9.78 Å². The Bertz CT molecular complexity index is 1500. The maximum atomic E-state index is 13.9. The molecule has 0 spiro atoms. The number of pyridine rings is 1. The molecule has 1 fully saturated rings. The Morgan fingerprint density at radius 2 is 1.79 bits per heavy atom. The van der Waals surface area contributed by atoms with Gasteiger partial charge >= 0.3 is 12.1 Å². The van der Waals surface area contributed by atoms with Crippen LogP contribution in [0.25, 0.3) is 10.8 Å². The van der Waals surface area contributed by atoms with Gasteiger partial charge in [0.15, 0.2) is 6.10 Å². The number of aliphatic carboxylic acids is 1. The Balaban J connectivity index is 0.000000532. The number of benzene rings is 2. The highest BCUT2D eigenvalue weighted by Crippen LogP contribution is 2.29. The fourth-order valence-electron chi connectivity index (χ4n) is 3.89. The summed E-state index contributed by atoms with van der Waals surface area (Å²) < 4.78 is 86.5. The van der Waals surface area contributed by atoms with E-state index >= 15 is 0 Å². The van der Waals surface area contributed by atoms with E-state index in [-0.39, 0.29) is 23.5 Å². The average molecular weight is 576 g/mol. The summed E-state index contributed by atoms with van der Waals surface area (Å²) in [7, 11) is -3.86. The highest BCUT2D eigenvalue weighted by Gasteiger charge is 2.38. The Morgan fingerprint density at radius 1 is 1.13 bits per heavy atom. The number of fused-ring (bicyclic) bond motifs is 1. The highest BCUT2D eigenvalue weighted by molar-refractivity contribution is 7.89. The lowest BCUT2D eigenvalue weighted by molar-refractivity contribution is -0.192. The first kappa shape index (κ1) is 29.9. The summed E-state index contributed by atoms with van der Waals surface area (Å²) in [5.74, 6) is -5.50. The van der Waals surface area contributed by atoms with Gasteiger partial charge in [-0.1, -0.05) is 18.2 Å². The fourth-order valence-corrected chi connectivity index (χ4v) is 5.58. The van der Waals surface area contributed by atoms with Crippen molar-refractivity contribution in [3.05, 3.63) is 71.6 Å². The number of nitrogens with one attached hydrogen (secondary N) is 1. The number of carboxylic acid groups (broad SMARTS) is 1. The molecule has 9 nitrogen and oxygen atoms in total. The van der Waals surface area contributed by atoms with Gasteiger partial charge in [0, 0.05) is 48.5 Å². The van der Waals surface area contributed by atoms with E-state index < -0.39 is 51.9 Å². The lowest BCUT2D eigenvalue weighted by atomic mass is 10.1. The van der Waals surface area contributed by atoms with Crippen molar-refractivity contribution in [3.63, 3.8) is 0 Å². The molecule has 1 unspecified atom stereocenters. The second-order valence-corrected chi connectivity index (χ2v) is 10.4. The first-order valence-electron chi connectivity index (χ1n) is 11.2. The minimum atomic E-state index is -5.08. The van der Waals surface area contributed by atoms with Crippen LogP contribution in [0.1, 0.15) is 23.7 Å². The zero-order valence-electron chi connectivity index (χ0n) is 20.1.